The van der Waals surface area contributed by atoms with E-state index >= 15 is 0 Å². The molecule has 2 heterocycles. The summed E-state index contributed by atoms with van der Waals surface area (Å²) in [6.07, 6.45) is 14.7. The number of anilines is 6. The zero-order valence-corrected chi connectivity index (χ0v) is 23.1. The summed E-state index contributed by atoms with van der Waals surface area (Å²) in [7, 11) is 0. The first-order valence-corrected chi connectivity index (χ1v) is 14.4. The normalized spacial score (nSPS) is 18.4. The van der Waals surface area contributed by atoms with Crippen LogP contribution in [0.25, 0.3) is 0 Å². The van der Waals surface area contributed by atoms with Crippen LogP contribution in [0.5, 0.6) is 0 Å². The Balaban J connectivity index is 1.52. The second-order valence-electron chi connectivity index (χ2n) is 10.4. The number of rotatable bonds is 4. The number of hydrogen-bond donors (Lipinski definition) is 0. The molecule has 0 unspecified atom stereocenters. The number of benzene rings is 4. The number of nitrogens with zero attached hydrogens (tertiary/aromatic N) is 4. The van der Waals surface area contributed by atoms with Crippen LogP contribution in [0.3, 0.4) is 0 Å². The molecule has 4 aliphatic rings. The largest absolute Gasteiger partial charge is 0.295 e. The van der Waals surface area contributed by atoms with Gasteiger partial charge in [-0.15, -0.1) is 0 Å². The minimum Gasteiger partial charge on any atom is -0.295 e. The molecule has 0 aromatic heterocycles. The fourth-order valence-corrected chi connectivity index (χ4v) is 6.20. The molecule has 4 aromatic carbocycles. The van der Waals surface area contributed by atoms with E-state index in [4.69, 9.17) is 0 Å². The van der Waals surface area contributed by atoms with Gasteiger partial charge in [0.05, 0.1) is 28.4 Å². The van der Waals surface area contributed by atoms with Crippen molar-refractivity contribution < 1.29 is 0 Å². The fourth-order valence-electron chi connectivity index (χ4n) is 6.20. The smallest absolute Gasteiger partial charge is 0.166 e. The van der Waals surface area contributed by atoms with Gasteiger partial charge in [-0.3, -0.25) is 19.6 Å². The average Bonchev–Trinajstić information content (AvgIpc) is 3.59. The Labute approximate surface area is 246 Å². The Morgan fingerprint density at radius 2 is 1.05 bits per heavy atom. The summed E-state index contributed by atoms with van der Waals surface area (Å²) < 4.78 is 0. The van der Waals surface area contributed by atoms with Crippen LogP contribution in [-0.2, 0) is 0 Å². The van der Waals surface area contributed by atoms with Gasteiger partial charge >= 0.3 is 0 Å². The van der Waals surface area contributed by atoms with Crippen LogP contribution >= 0.6 is 0 Å². The quantitative estimate of drug-likeness (QED) is 0.239. The number of hydrogen-bond acceptors (Lipinski definition) is 4. The van der Waals surface area contributed by atoms with E-state index < -0.39 is 0 Å². The van der Waals surface area contributed by atoms with Gasteiger partial charge in [0.2, 0.25) is 0 Å². The van der Waals surface area contributed by atoms with Crippen molar-refractivity contribution in [3.63, 3.8) is 0 Å². The molecule has 0 amide bonds. The Morgan fingerprint density at radius 1 is 0.524 bits per heavy atom. The summed E-state index contributed by atoms with van der Waals surface area (Å²) in [5.74, 6) is 2.11. The highest BCUT2D eigenvalue weighted by molar-refractivity contribution is 5.97. The first-order valence-electron chi connectivity index (χ1n) is 14.4. The maximum atomic E-state index is 3.42. The molecule has 0 saturated carbocycles. The highest BCUT2D eigenvalue weighted by Crippen LogP contribution is 2.55. The van der Waals surface area contributed by atoms with Gasteiger partial charge < -0.3 is 0 Å². The van der Waals surface area contributed by atoms with Crippen LogP contribution in [0.1, 0.15) is 12.8 Å². The first kappa shape index (κ1) is 24.2. The SMILES string of the molecule is C1=C=C(N2/C(=C3\N(C4=CC=CCC4)c4ccccc4N3c3ccccc3)N(c3ccccc3)c3ccccc32)C=CC=1. The Morgan fingerprint density at radius 3 is 1.57 bits per heavy atom. The van der Waals surface area contributed by atoms with E-state index in [1.165, 1.54) is 5.70 Å². The van der Waals surface area contributed by atoms with Crippen LogP contribution in [0.2, 0.25) is 0 Å². The van der Waals surface area contributed by atoms with Crippen LogP contribution < -0.4 is 19.6 Å². The van der Waals surface area contributed by atoms with Gasteiger partial charge in [0.15, 0.2) is 11.6 Å². The highest BCUT2D eigenvalue weighted by atomic mass is 15.5. The lowest BCUT2D eigenvalue weighted by molar-refractivity contribution is 0.877. The van der Waals surface area contributed by atoms with Crippen molar-refractivity contribution >= 4 is 34.1 Å². The molecule has 8 rings (SSSR count). The van der Waals surface area contributed by atoms with Crippen molar-refractivity contribution in [2.24, 2.45) is 0 Å². The third-order valence-corrected chi connectivity index (χ3v) is 7.96. The Hall–Kier alpha value is -5.66. The maximum absolute atomic E-state index is 3.42. The second kappa shape index (κ2) is 10.1. The van der Waals surface area contributed by atoms with Crippen molar-refractivity contribution in [2.75, 3.05) is 19.6 Å². The molecule has 4 nitrogen and oxygen atoms in total. The first-order chi connectivity index (χ1) is 20.9. The zero-order chi connectivity index (χ0) is 27.9. The molecule has 0 bridgehead atoms. The van der Waals surface area contributed by atoms with E-state index in [0.29, 0.717) is 0 Å². The van der Waals surface area contributed by atoms with Gasteiger partial charge in [0, 0.05) is 17.1 Å². The van der Waals surface area contributed by atoms with E-state index in [1.807, 2.05) is 12.2 Å². The number of para-hydroxylation sites is 6. The molecule has 0 N–H and O–H groups in total. The van der Waals surface area contributed by atoms with Gasteiger partial charge in [0.25, 0.3) is 0 Å². The van der Waals surface area contributed by atoms with E-state index in [-0.39, 0.29) is 0 Å². The van der Waals surface area contributed by atoms with Crippen LogP contribution in [0.4, 0.5) is 34.1 Å². The highest BCUT2D eigenvalue weighted by Gasteiger charge is 2.44. The molecule has 4 aromatic rings. The maximum Gasteiger partial charge on any atom is 0.166 e. The van der Waals surface area contributed by atoms with E-state index in [1.54, 1.807) is 0 Å². The predicted octanol–water partition coefficient (Wildman–Crippen LogP) is 9.43. The average molecular weight is 541 g/mol. The van der Waals surface area contributed by atoms with E-state index in [0.717, 1.165) is 64.3 Å². The third kappa shape index (κ3) is 3.79. The molecule has 2 aliphatic carbocycles. The fraction of sp³-hybridized carbons (Fsp3) is 0.0526. The van der Waals surface area contributed by atoms with Gasteiger partial charge in [-0.2, -0.15) is 0 Å². The minimum absolute atomic E-state index is 0.937. The summed E-state index contributed by atoms with van der Waals surface area (Å²) in [4.78, 5) is 9.59. The standard InChI is InChI=1S/C38H28N4/c1-5-17-29(18-6-1)39-33-25-13-14-26-34(33)40(30-19-7-2-8-20-30)37(39)38-41(31-21-9-3-10-22-31)35-27-15-16-28-36(35)42(38)32-23-11-4-12-24-32/h1-7,9-11,13-19,21-23,25-28H,8,20H2/b38-37-. The Bertz CT molecular complexity index is 1920. The van der Waals surface area contributed by atoms with Crippen molar-refractivity contribution in [1.29, 1.82) is 0 Å². The summed E-state index contributed by atoms with van der Waals surface area (Å²) in [5.41, 5.74) is 15.6. The summed E-state index contributed by atoms with van der Waals surface area (Å²) in [6.45, 7) is 0. The lowest BCUT2D eigenvalue weighted by Crippen LogP contribution is -2.36. The summed E-state index contributed by atoms with van der Waals surface area (Å²) in [5, 5.41) is 0. The summed E-state index contributed by atoms with van der Waals surface area (Å²) in [6, 6.07) is 38.7. The molecule has 200 valence electrons. The van der Waals surface area contributed by atoms with Gasteiger partial charge in [-0.05, 0) is 85.3 Å². The molecule has 4 heteroatoms. The molecule has 2 aliphatic heterocycles. The number of fused-ring (bicyclic) bond motifs is 2. The van der Waals surface area contributed by atoms with Crippen LogP contribution in [-0.4, -0.2) is 0 Å². The third-order valence-electron chi connectivity index (χ3n) is 7.96. The van der Waals surface area contributed by atoms with E-state index in [2.05, 4.69) is 165 Å². The second-order valence-corrected chi connectivity index (χ2v) is 10.4. The van der Waals surface area contributed by atoms with Crippen LogP contribution in [0.15, 0.2) is 180 Å². The van der Waals surface area contributed by atoms with Crippen molar-refractivity contribution in [1.82, 2.24) is 0 Å². The molecular weight excluding hydrogens is 512 g/mol. The molecule has 0 radical (unpaired) electrons. The molecule has 0 spiro atoms. The molecule has 42 heavy (non-hydrogen) atoms. The van der Waals surface area contributed by atoms with E-state index in [9.17, 15) is 0 Å². The van der Waals surface area contributed by atoms with Crippen molar-refractivity contribution in [3.05, 3.63) is 180 Å². The van der Waals surface area contributed by atoms with Crippen LogP contribution in [0, 0.1) is 0 Å². The van der Waals surface area contributed by atoms with Crippen molar-refractivity contribution in [3.8, 4) is 0 Å². The lowest BCUT2D eigenvalue weighted by Gasteiger charge is -2.35. The zero-order valence-electron chi connectivity index (χ0n) is 23.1. The predicted molar refractivity (Wildman–Crippen MR) is 173 cm³/mol. The van der Waals surface area contributed by atoms with Gasteiger partial charge in [-0.1, -0.05) is 84.6 Å². The lowest BCUT2D eigenvalue weighted by atomic mass is 10.1. The molecule has 0 fully saturated rings. The van der Waals surface area contributed by atoms with Gasteiger partial charge in [-0.25, -0.2) is 0 Å². The molecular formula is C38H28N4. The summed E-state index contributed by atoms with van der Waals surface area (Å²) >= 11 is 0. The number of allylic oxidation sites excluding steroid dienone is 7. The van der Waals surface area contributed by atoms with Gasteiger partial charge in [0.1, 0.15) is 0 Å². The van der Waals surface area contributed by atoms with Crippen molar-refractivity contribution in [2.45, 2.75) is 12.8 Å². The monoisotopic (exact) mass is 540 g/mol. The topological polar surface area (TPSA) is 13.0 Å². The Kier molecular flexibility index (Phi) is 5.79. The molecule has 0 saturated heterocycles. The molecule has 0 atom stereocenters. The minimum atomic E-state index is 0.937.